The number of carbonyl (C=O) groups excluding carboxylic acids is 1. The molecule has 0 bridgehead atoms. The Hall–Kier alpha value is -0.940. The molecular weight excluding hydrogens is 139 g/mol. The van der Waals surface area contributed by atoms with Gasteiger partial charge in [-0.3, -0.25) is 0 Å². The summed E-state index contributed by atoms with van der Waals surface area (Å²) in [6, 6.07) is 0. The molecule has 0 aliphatic carbocycles. The first kappa shape index (κ1) is 8.06. The normalized spacial score (nSPS) is 10.7. The number of nitrogens with zero attached hydrogens (tertiary/aromatic N) is 1. The molecule has 0 fully saturated rings. The lowest BCUT2D eigenvalue weighted by Gasteiger charge is -2.03. The number of rotatable bonds is 0. The van der Waals surface area contributed by atoms with Crippen LogP contribution >= 0.6 is 0 Å². The molecule has 3 nitrogen and oxygen atoms in total. The van der Waals surface area contributed by atoms with Gasteiger partial charge in [0, 0.05) is 7.05 Å². The van der Waals surface area contributed by atoms with E-state index in [1.54, 1.807) is 0 Å². The zero-order valence-corrected chi connectivity index (χ0v) is 4.40. The maximum Gasteiger partial charge on any atom is 0.576 e. The van der Waals surface area contributed by atoms with E-state index in [0.717, 1.165) is 7.05 Å². The molecule has 0 aromatic heterocycles. The van der Waals surface area contributed by atoms with Crippen molar-refractivity contribution in [3.8, 4) is 0 Å². The quantitative estimate of drug-likeness (QED) is 0.503. The standard InChI is InChI=1S/C3H3F3NO2/c1-7-2(8)9-3(4,5)6/h1H3. The molecule has 0 saturated heterocycles. The van der Waals surface area contributed by atoms with Crippen molar-refractivity contribution < 1.29 is 22.7 Å². The zero-order valence-electron chi connectivity index (χ0n) is 4.40. The predicted molar refractivity (Wildman–Crippen MR) is 20.6 cm³/mol. The molecule has 1 amide bonds. The van der Waals surface area contributed by atoms with Gasteiger partial charge in [-0.05, 0) is 0 Å². The van der Waals surface area contributed by atoms with E-state index in [4.69, 9.17) is 0 Å². The number of hydrogen-bond donors (Lipinski definition) is 0. The van der Waals surface area contributed by atoms with E-state index in [-0.39, 0.29) is 0 Å². The van der Waals surface area contributed by atoms with Gasteiger partial charge in [0.05, 0.1) is 0 Å². The monoisotopic (exact) mass is 142 g/mol. The van der Waals surface area contributed by atoms with E-state index < -0.39 is 12.5 Å². The minimum Gasteiger partial charge on any atom is -0.355 e. The highest BCUT2D eigenvalue weighted by Gasteiger charge is 2.33. The van der Waals surface area contributed by atoms with E-state index in [1.165, 1.54) is 0 Å². The predicted octanol–water partition coefficient (Wildman–Crippen LogP) is 0.877. The smallest absolute Gasteiger partial charge is 0.355 e. The molecule has 0 aliphatic heterocycles. The largest absolute Gasteiger partial charge is 0.576 e. The van der Waals surface area contributed by atoms with Gasteiger partial charge in [-0.25, -0.2) is 10.1 Å². The summed E-state index contributed by atoms with van der Waals surface area (Å²) in [6.07, 6.45) is -6.56. The van der Waals surface area contributed by atoms with Crippen molar-refractivity contribution in [1.82, 2.24) is 5.32 Å². The molecule has 0 unspecified atom stereocenters. The fourth-order valence-corrected chi connectivity index (χ4v) is 0.145. The average molecular weight is 142 g/mol. The Bertz CT molecular complexity index is 110. The third-order valence-electron chi connectivity index (χ3n) is 0.386. The minimum atomic E-state index is -4.92. The third kappa shape index (κ3) is 4.92. The summed E-state index contributed by atoms with van der Waals surface area (Å²) < 4.78 is 35.8. The number of amides is 1. The molecule has 0 aromatic carbocycles. The van der Waals surface area contributed by atoms with Crippen molar-refractivity contribution in [2.24, 2.45) is 0 Å². The van der Waals surface area contributed by atoms with E-state index >= 15 is 0 Å². The van der Waals surface area contributed by atoms with Gasteiger partial charge in [-0.2, -0.15) is 0 Å². The molecule has 0 aliphatic rings. The second kappa shape index (κ2) is 2.56. The lowest BCUT2D eigenvalue weighted by molar-refractivity contribution is -0.291. The van der Waals surface area contributed by atoms with E-state index in [9.17, 15) is 18.0 Å². The van der Waals surface area contributed by atoms with Crippen LogP contribution < -0.4 is 5.32 Å². The van der Waals surface area contributed by atoms with Gasteiger partial charge in [0.25, 0.3) is 0 Å². The molecule has 0 N–H and O–H groups in total. The van der Waals surface area contributed by atoms with Crippen LogP contribution in [0.2, 0.25) is 0 Å². The molecule has 1 radical (unpaired) electrons. The second-order valence-corrected chi connectivity index (χ2v) is 1.04. The number of alkyl halides is 3. The first-order valence-corrected chi connectivity index (χ1v) is 1.85. The van der Waals surface area contributed by atoms with E-state index in [1.807, 2.05) is 0 Å². The molecule has 6 heteroatoms. The highest BCUT2D eigenvalue weighted by molar-refractivity contribution is 5.66. The zero-order chi connectivity index (χ0) is 7.49. The number of halogens is 3. The fourth-order valence-electron chi connectivity index (χ4n) is 0.145. The summed E-state index contributed by atoms with van der Waals surface area (Å²) in [5.74, 6) is 0. The van der Waals surface area contributed by atoms with Crippen molar-refractivity contribution >= 4 is 6.09 Å². The molecule has 0 heterocycles. The highest BCUT2D eigenvalue weighted by atomic mass is 19.4. The molecule has 53 valence electrons. The average Bonchev–Trinajstić information content (AvgIpc) is 1.62. The van der Waals surface area contributed by atoms with Crippen molar-refractivity contribution in [3.63, 3.8) is 0 Å². The summed E-state index contributed by atoms with van der Waals surface area (Å²) in [5, 5.41) is 2.59. The van der Waals surface area contributed by atoms with Crippen LogP contribution in [-0.2, 0) is 4.74 Å². The van der Waals surface area contributed by atoms with Gasteiger partial charge in [0.15, 0.2) is 0 Å². The summed E-state index contributed by atoms with van der Waals surface area (Å²) in [7, 11) is 0.911. The third-order valence-corrected chi connectivity index (χ3v) is 0.386. The van der Waals surface area contributed by atoms with Gasteiger partial charge >= 0.3 is 12.5 Å². The Morgan fingerprint density at radius 1 is 1.56 bits per heavy atom. The van der Waals surface area contributed by atoms with Gasteiger partial charge in [-0.1, -0.05) is 0 Å². The van der Waals surface area contributed by atoms with Crippen LogP contribution in [0.5, 0.6) is 0 Å². The molecule has 0 rings (SSSR count). The lowest BCUT2D eigenvalue weighted by atomic mass is 11.1. The topological polar surface area (TPSA) is 40.4 Å². The van der Waals surface area contributed by atoms with Gasteiger partial charge in [0.1, 0.15) is 0 Å². The summed E-state index contributed by atoms with van der Waals surface area (Å²) >= 11 is 0. The first-order chi connectivity index (χ1) is 3.95. The van der Waals surface area contributed by atoms with Crippen LogP contribution in [0.1, 0.15) is 0 Å². The maximum atomic E-state index is 11.0. The van der Waals surface area contributed by atoms with Crippen molar-refractivity contribution in [2.75, 3.05) is 7.05 Å². The van der Waals surface area contributed by atoms with Crippen molar-refractivity contribution in [2.45, 2.75) is 6.36 Å². The summed E-state index contributed by atoms with van der Waals surface area (Å²) in [6.45, 7) is 0. The van der Waals surface area contributed by atoms with E-state index in [0.29, 0.717) is 0 Å². The first-order valence-electron chi connectivity index (χ1n) is 1.85. The Morgan fingerprint density at radius 2 is 2.00 bits per heavy atom. The number of carbonyl (C=O) groups is 1. The van der Waals surface area contributed by atoms with Crippen molar-refractivity contribution in [1.29, 1.82) is 0 Å². The molecule has 0 atom stereocenters. The lowest BCUT2D eigenvalue weighted by Crippen LogP contribution is -2.23. The highest BCUT2D eigenvalue weighted by Crippen LogP contribution is 2.15. The van der Waals surface area contributed by atoms with Gasteiger partial charge < -0.3 is 4.74 Å². The molecule has 0 spiro atoms. The Kier molecular flexibility index (Phi) is 2.29. The SMILES string of the molecule is C[N]C(=O)OC(F)(F)F. The van der Waals surface area contributed by atoms with E-state index in [2.05, 4.69) is 10.1 Å². The maximum absolute atomic E-state index is 11.0. The number of ether oxygens (including phenoxy) is 1. The fraction of sp³-hybridized carbons (Fsp3) is 0.667. The minimum absolute atomic E-state index is 0.911. The van der Waals surface area contributed by atoms with Gasteiger partial charge in [0.2, 0.25) is 0 Å². The van der Waals surface area contributed by atoms with Crippen LogP contribution in [-0.4, -0.2) is 19.5 Å². The Balaban J connectivity index is 3.60. The van der Waals surface area contributed by atoms with Crippen LogP contribution in [0, 0.1) is 0 Å². The Labute approximate surface area is 48.8 Å². The second-order valence-electron chi connectivity index (χ2n) is 1.04. The summed E-state index contributed by atoms with van der Waals surface area (Å²) in [4.78, 5) is 9.72. The molecule has 0 aromatic rings. The molecular formula is C3H3F3NO2. The van der Waals surface area contributed by atoms with Gasteiger partial charge in [-0.15, -0.1) is 13.2 Å². The van der Waals surface area contributed by atoms with Crippen LogP contribution in [0.25, 0.3) is 0 Å². The molecule has 9 heavy (non-hydrogen) atoms. The Morgan fingerprint density at radius 3 is 2.11 bits per heavy atom. The van der Waals surface area contributed by atoms with Crippen LogP contribution in [0.4, 0.5) is 18.0 Å². The molecule has 0 saturated carbocycles. The van der Waals surface area contributed by atoms with Crippen LogP contribution in [0.3, 0.4) is 0 Å². The number of hydrogen-bond acceptors (Lipinski definition) is 2. The van der Waals surface area contributed by atoms with Crippen LogP contribution in [0.15, 0.2) is 0 Å². The van der Waals surface area contributed by atoms with Crippen molar-refractivity contribution in [3.05, 3.63) is 0 Å². The summed E-state index contributed by atoms with van der Waals surface area (Å²) in [5.41, 5.74) is 0.